The van der Waals surface area contributed by atoms with Crippen molar-refractivity contribution in [2.45, 2.75) is 38.1 Å². The lowest BCUT2D eigenvalue weighted by atomic mass is 9.88. The van der Waals surface area contributed by atoms with Crippen LogP contribution in [-0.4, -0.2) is 22.2 Å². The fraction of sp³-hybridized carbons (Fsp3) is 0.462. The zero-order chi connectivity index (χ0) is 13.3. The molecule has 0 fully saturated rings. The third-order valence-corrected chi connectivity index (χ3v) is 4.25. The van der Waals surface area contributed by atoms with E-state index in [0.717, 1.165) is 31.2 Å². The summed E-state index contributed by atoms with van der Waals surface area (Å²) in [5.74, 6) is -0.921. The monoisotopic (exact) mass is 313 g/mol. The number of aliphatic carboxylic acids is 1. The van der Waals surface area contributed by atoms with Gasteiger partial charge in [0.2, 0.25) is 0 Å². The predicted molar refractivity (Wildman–Crippen MR) is 71.8 cm³/mol. The van der Waals surface area contributed by atoms with E-state index < -0.39 is 12.0 Å². The van der Waals surface area contributed by atoms with Gasteiger partial charge in [-0.05, 0) is 58.3 Å². The average molecular weight is 314 g/mol. The molecule has 4 N–H and O–H groups in total. The highest BCUT2D eigenvalue weighted by Crippen LogP contribution is 2.38. The fourth-order valence-electron chi connectivity index (χ4n) is 2.38. The first-order valence-electron chi connectivity index (χ1n) is 6.01. The van der Waals surface area contributed by atoms with Gasteiger partial charge in [0.1, 0.15) is 11.8 Å². The lowest BCUT2D eigenvalue weighted by Gasteiger charge is -2.20. The minimum atomic E-state index is -1.05. The second kappa shape index (κ2) is 5.28. The van der Waals surface area contributed by atoms with Crippen molar-refractivity contribution in [1.82, 2.24) is 0 Å². The molecule has 1 aromatic carbocycles. The lowest BCUT2D eigenvalue weighted by Crippen LogP contribution is -2.32. The molecule has 1 aromatic rings. The van der Waals surface area contributed by atoms with Crippen molar-refractivity contribution in [3.8, 4) is 5.75 Å². The summed E-state index contributed by atoms with van der Waals surface area (Å²) in [4.78, 5) is 10.8. The number of benzene rings is 1. The normalized spacial score (nSPS) is 16.1. The first-order chi connectivity index (χ1) is 8.50. The Morgan fingerprint density at radius 2 is 2.11 bits per heavy atom. The van der Waals surface area contributed by atoms with Crippen molar-refractivity contribution in [1.29, 1.82) is 0 Å². The summed E-state index contributed by atoms with van der Waals surface area (Å²) in [6, 6.07) is 0.918. The predicted octanol–water partition coefficient (Wildman–Crippen LogP) is 1.99. The van der Waals surface area contributed by atoms with Gasteiger partial charge in [0.05, 0.1) is 4.47 Å². The van der Waals surface area contributed by atoms with Crippen LogP contribution in [0.4, 0.5) is 0 Å². The van der Waals surface area contributed by atoms with Crippen LogP contribution in [0.3, 0.4) is 0 Å². The van der Waals surface area contributed by atoms with E-state index in [-0.39, 0.29) is 12.2 Å². The number of hydrogen-bond acceptors (Lipinski definition) is 3. The Morgan fingerprint density at radius 3 is 2.78 bits per heavy atom. The Balaban J connectivity index is 2.37. The van der Waals surface area contributed by atoms with Gasteiger partial charge in [0.25, 0.3) is 0 Å². The number of fused-ring (bicyclic) bond motifs is 1. The molecule has 0 heterocycles. The van der Waals surface area contributed by atoms with Gasteiger partial charge in [0, 0.05) is 6.42 Å². The van der Waals surface area contributed by atoms with Crippen molar-refractivity contribution in [3.05, 3.63) is 27.2 Å². The summed E-state index contributed by atoms with van der Waals surface area (Å²) in [6.45, 7) is 0. The number of carbonyl (C=O) groups is 1. The molecule has 0 aliphatic heterocycles. The van der Waals surface area contributed by atoms with Crippen molar-refractivity contribution in [2.24, 2.45) is 5.73 Å². The van der Waals surface area contributed by atoms with Crippen LogP contribution in [0.1, 0.15) is 29.5 Å². The van der Waals surface area contributed by atoms with Crippen molar-refractivity contribution >= 4 is 21.9 Å². The molecule has 1 unspecified atom stereocenters. The minimum Gasteiger partial charge on any atom is -0.506 e. The molecular weight excluding hydrogens is 298 g/mol. The Bertz CT molecular complexity index is 488. The zero-order valence-electron chi connectivity index (χ0n) is 9.95. The summed E-state index contributed by atoms with van der Waals surface area (Å²) >= 11 is 3.41. The Kier molecular flexibility index (Phi) is 3.92. The highest BCUT2D eigenvalue weighted by Gasteiger charge is 2.21. The maximum atomic E-state index is 10.8. The highest BCUT2D eigenvalue weighted by atomic mass is 79.9. The standard InChI is InChI=1S/C13H16BrNO3/c14-11-9-4-2-1-3-7(9)5-8(12(11)16)6-10(15)13(17)18/h5,10,16H,1-4,6,15H2,(H,17,18). The molecule has 4 nitrogen and oxygen atoms in total. The molecular formula is C13H16BrNO3. The van der Waals surface area contributed by atoms with E-state index in [1.165, 1.54) is 5.56 Å². The SMILES string of the molecule is NC(Cc1cc2c(c(Br)c1O)CCCC2)C(=O)O. The van der Waals surface area contributed by atoms with Crippen LogP contribution < -0.4 is 5.73 Å². The molecule has 0 bridgehead atoms. The van der Waals surface area contributed by atoms with E-state index in [1.807, 2.05) is 6.07 Å². The smallest absolute Gasteiger partial charge is 0.320 e. The molecule has 0 spiro atoms. The second-order valence-electron chi connectivity index (χ2n) is 4.69. The first-order valence-corrected chi connectivity index (χ1v) is 6.80. The summed E-state index contributed by atoms with van der Waals surface area (Å²) < 4.78 is 0.701. The number of hydrogen-bond donors (Lipinski definition) is 3. The quantitative estimate of drug-likeness (QED) is 0.797. The second-order valence-corrected chi connectivity index (χ2v) is 5.48. The largest absolute Gasteiger partial charge is 0.506 e. The molecule has 0 radical (unpaired) electrons. The number of carboxylic acids is 1. The van der Waals surface area contributed by atoms with Crippen LogP contribution in [0.5, 0.6) is 5.75 Å². The molecule has 0 aromatic heterocycles. The number of aromatic hydroxyl groups is 1. The fourth-order valence-corrected chi connectivity index (χ4v) is 3.09. The molecule has 0 amide bonds. The van der Waals surface area contributed by atoms with E-state index >= 15 is 0 Å². The van der Waals surface area contributed by atoms with Crippen molar-refractivity contribution in [3.63, 3.8) is 0 Å². The molecule has 0 saturated carbocycles. The van der Waals surface area contributed by atoms with E-state index in [2.05, 4.69) is 15.9 Å². The first kappa shape index (κ1) is 13.4. The highest BCUT2D eigenvalue weighted by molar-refractivity contribution is 9.10. The summed E-state index contributed by atoms with van der Waals surface area (Å²) in [5.41, 5.74) is 8.46. The Labute approximate surface area is 114 Å². The number of carboxylic acid groups (broad SMARTS) is 1. The number of nitrogens with two attached hydrogens (primary N) is 1. The molecule has 98 valence electrons. The Morgan fingerprint density at radius 1 is 1.44 bits per heavy atom. The molecule has 2 rings (SSSR count). The van der Waals surface area contributed by atoms with Gasteiger partial charge in [-0.15, -0.1) is 0 Å². The lowest BCUT2D eigenvalue weighted by molar-refractivity contribution is -0.138. The van der Waals surface area contributed by atoms with Crippen LogP contribution >= 0.6 is 15.9 Å². The number of aryl methyl sites for hydroxylation is 1. The maximum Gasteiger partial charge on any atom is 0.320 e. The molecule has 1 aliphatic carbocycles. The van der Waals surface area contributed by atoms with Gasteiger partial charge in [-0.2, -0.15) is 0 Å². The van der Waals surface area contributed by atoms with Crippen LogP contribution in [0.25, 0.3) is 0 Å². The maximum absolute atomic E-state index is 10.8. The topological polar surface area (TPSA) is 83.5 Å². The summed E-state index contributed by atoms with van der Waals surface area (Å²) in [5, 5.41) is 18.9. The van der Waals surface area contributed by atoms with E-state index in [9.17, 15) is 9.90 Å². The van der Waals surface area contributed by atoms with Gasteiger partial charge in [-0.3, -0.25) is 4.79 Å². The summed E-state index contributed by atoms with van der Waals surface area (Å²) in [6.07, 6.45) is 4.33. The van der Waals surface area contributed by atoms with E-state index in [4.69, 9.17) is 10.8 Å². The molecule has 18 heavy (non-hydrogen) atoms. The van der Waals surface area contributed by atoms with E-state index in [1.54, 1.807) is 0 Å². The molecule has 0 saturated heterocycles. The van der Waals surface area contributed by atoms with Crippen LogP contribution in [-0.2, 0) is 24.1 Å². The van der Waals surface area contributed by atoms with Gasteiger partial charge in [-0.25, -0.2) is 0 Å². The summed E-state index contributed by atoms with van der Waals surface area (Å²) in [7, 11) is 0. The number of halogens is 1. The van der Waals surface area contributed by atoms with E-state index in [0.29, 0.717) is 10.0 Å². The third-order valence-electron chi connectivity index (χ3n) is 3.39. The van der Waals surface area contributed by atoms with Crippen LogP contribution in [0.15, 0.2) is 10.5 Å². The minimum absolute atomic E-state index is 0.132. The Hall–Kier alpha value is -1.07. The van der Waals surface area contributed by atoms with Gasteiger partial charge in [-0.1, -0.05) is 6.07 Å². The van der Waals surface area contributed by atoms with Crippen LogP contribution in [0, 0.1) is 0 Å². The average Bonchev–Trinajstić information content (AvgIpc) is 2.35. The van der Waals surface area contributed by atoms with Crippen LogP contribution in [0.2, 0.25) is 0 Å². The van der Waals surface area contributed by atoms with Gasteiger partial charge >= 0.3 is 5.97 Å². The van der Waals surface area contributed by atoms with Gasteiger partial charge < -0.3 is 15.9 Å². The number of phenolic OH excluding ortho intramolecular Hbond substituents is 1. The van der Waals surface area contributed by atoms with Crippen molar-refractivity contribution < 1.29 is 15.0 Å². The molecule has 5 heteroatoms. The molecule has 1 aliphatic rings. The molecule has 1 atom stereocenters. The van der Waals surface area contributed by atoms with Gasteiger partial charge in [0.15, 0.2) is 0 Å². The zero-order valence-corrected chi connectivity index (χ0v) is 11.5. The third kappa shape index (κ3) is 2.52. The van der Waals surface area contributed by atoms with Crippen molar-refractivity contribution in [2.75, 3.05) is 0 Å². The number of phenols is 1. The number of rotatable bonds is 3.